The Morgan fingerprint density at radius 2 is 2.04 bits per heavy atom. The Bertz CT molecular complexity index is 535. The Balaban J connectivity index is 2.48. The normalized spacial score (nSPS) is 12.4. The molecule has 8 nitrogen and oxygen atoms in total. The second kappa shape index (κ2) is 12.3. The Kier molecular flexibility index (Phi) is 10.9. The molecule has 0 aliphatic heterocycles. The summed E-state index contributed by atoms with van der Waals surface area (Å²) in [5.74, 6) is 1.85. The van der Waals surface area contributed by atoms with Crippen LogP contribution in [0.15, 0.2) is 0 Å². The van der Waals surface area contributed by atoms with Gasteiger partial charge in [0.1, 0.15) is 0 Å². The van der Waals surface area contributed by atoms with Crippen LogP contribution >= 0.6 is 11.6 Å². The lowest BCUT2D eigenvalue weighted by Gasteiger charge is -2.17. The summed E-state index contributed by atoms with van der Waals surface area (Å²) < 4.78 is 16.9. The number of hydrogen-bond acceptors (Lipinski definition) is 8. The summed E-state index contributed by atoms with van der Waals surface area (Å²) in [4.78, 5) is 14.3. The molecule has 0 aliphatic rings. The highest BCUT2D eigenvalue weighted by Gasteiger charge is 2.11. The zero-order valence-corrected chi connectivity index (χ0v) is 17.0. The molecule has 0 saturated carbocycles. The molecule has 1 rings (SSSR count). The number of aromatic nitrogens is 3. The molecule has 1 atom stereocenters. The second-order valence-corrected chi connectivity index (χ2v) is 7.59. The smallest absolute Gasteiger partial charge is 0.231 e. The molecule has 1 heterocycles. The highest BCUT2D eigenvalue weighted by atomic mass is 35.5. The van der Waals surface area contributed by atoms with Gasteiger partial charge in [-0.15, -0.1) is 0 Å². The van der Waals surface area contributed by atoms with Gasteiger partial charge in [0.15, 0.2) is 11.1 Å². The molecule has 25 heavy (non-hydrogen) atoms. The highest BCUT2D eigenvalue weighted by molar-refractivity contribution is 7.80. The second-order valence-electron chi connectivity index (χ2n) is 6.00. The summed E-state index contributed by atoms with van der Waals surface area (Å²) in [6.45, 7) is 9.74. The van der Waals surface area contributed by atoms with Crippen molar-refractivity contribution in [1.82, 2.24) is 20.3 Å². The Labute approximate surface area is 157 Å². The van der Waals surface area contributed by atoms with E-state index in [9.17, 15) is 4.21 Å². The van der Waals surface area contributed by atoms with Gasteiger partial charge in [-0.3, -0.25) is 4.18 Å². The van der Waals surface area contributed by atoms with Gasteiger partial charge >= 0.3 is 0 Å². The van der Waals surface area contributed by atoms with Gasteiger partial charge in [-0.05, 0) is 30.5 Å². The van der Waals surface area contributed by atoms with Crippen LogP contribution in [0.1, 0.15) is 27.2 Å². The molecule has 0 bridgehead atoms. The average Bonchev–Trinajstić information content (AvgIpc) is 2.56. The molecule has 1 aromatic heterocycles. The highest BCUT2D eigenvalue weighted by Crippen LogP contribution is 2.12. The van der Waals surface area contributed by atoms with Gasteiger partial charge in [0.05, 0.1) is 12.4 Å². The largest absolute Gasteiger partial charge is 0.353 e. The lowest BCUT2D eigenvalue weighted by molar-refractivity contribution is 0.347. The third-order valence-electron chi connectivity index (χ3n) is 3.09. The lowest BCUT2D eigenvalue weighted by Crippen LogP contribution is -2.28. The van der Waals surface area contributed by atoms with Crippen molar-refractivity contribution in [2.75, 3.05) is 55.8 Å². The Morgan fingerprint density at radius 3 is 2.72 bits per heavy atom. The molecule has 0 saturated heterocycles. The maximum Gasteiger partial charge on any atom is 0.231 e. The van der Waals surface area contributed by atoms with E-state index in [2.05, 4.69) is 39.4 Å². The van der Waals surface area contributed by atoms with Gasteiger partial charge < -0.3 is 15.5 Å². The third-order valence-corrected chi connectivity index (χ3v) is 4.20. The minimum atomic E-state index is -1.31. The fraction of sp³-hybridized carbons (Fsp3) is 0.800. The number of rotatable bonds is 13. The average molecular weight is 393 g/mol. The molecule has 0 amide bonds. The van der Waals surface area contributed by atoms with E-state index in [1.54, 1.807) is 4.90 Å². The molecule has 0 fully saturated rings. The first-order valence-electron chi connectivity index (χ1n) is 8.51. The Hall–Kier alpha value is -1.03. The monoisotopic (exact) mass is 392 g/mol. The van der Waals surface area contributed by atoms with E-state index in [1.165, 1.54) is 0 Å². The molecule has 0 radical (unpaired) electrons. The van der Waals surface area contributed by atoms with Crippen LogP contribution in [-0.4, -0.2) is 64.7 Å². The van der Waals surface area contributed by atoms with Crippen LogP contribution in [0.5, 0.6) is 0 Å². The molecular weight excluding hydrogens is 364 g/mol. The number of nitrogens with one attached hydrogen (secondary N) is 2. The summed E-state index contributed by atoms with van der Waals surface area (Å²) in [5.41, 5.74) is 0. The number of nitrogens with zero attached hydrogens (tertiary/aromatic N) is 4. The molecule has 144 valence electrons. The van der Waals surface area contributed by atoms with E-state index in [4.69, 9.17) is 15.8 Å². The summed E-state index contributed by atoms with van der Waals surface area (Å²) in [6.07, 6.45) is 0.839. The van der Waals surface area contributed by atoms with E-state index in [1.807, 2.05) is 14.0 Å². The predicted octanol–water partition coefficient (Wildman–Crippen LogP) is 1.71. The summed E-state index contributed by atoms with van der Waals surface area (Å²) in [7, 11) is 1.82. The van der Waals surface area contributed by atoms with Gasteiger partial charge in [-0.1, -0.05) is 20.8 Å². The molecular formula is C15H29ClN6O2S. The zero-order valence-electron chi connectivity index (χ0n) is 15.4. The molecule has 0 spiro atoms. The van der Waals surface area contributed by atoms with Gasteiger partial charge in [0, 0.05) is 26.7 Å². The fourth-order valence-corrected chi connectivity index (χ4v) is 2.84. The van der Waals surface area contributed by atoms with Crippen LogP contribution < -0.4 is 15.5 Å². The lowest BCUT2D eigenvalue weighted by atomic mass is 10.2. The van der Waals surface area contributed by atoms with Crippen LogP contribution in [0, 0.1) is 5.92 Å². The van der Waals surface area contributed by atoms with Crippen LogP contribution in [0.4, 0.5) is 11.9 Å². The van der Waals surface area contributed by atoms with E-state index < -0.39 is 11.1 Å². The van der Waals surface area contributed by atoms with Crippen LogP contribution in [0.2, 0.25) is 5.28 Å². The zero-order chi connectivity index (χ0) is 18.7. The van der Waals surface area contributed by atoms with E-state index >= 15 is 0 Å². The maximum absolute atomic E-state index is 11.7. The number of hydrogen-bond donors (Lipinski definition) is 2. The van der Waals surface area contributed by atoms with Gasteiger partial charge in [0.25, 0.3) is 0 Å². The van der Waals surface area contributed by atoms with Crippen LogP contribution in [0.25, 0.3) is 0 Å². The van der Waals surface area contributed by atoms with E-state index in [0.717, 1.165) is 19.5 Å². The van der Waals surface area contributed by atoms with Gasteiger partial charge in [-0.2, -0.15) is 15.0 Å². The first-order valence-corrected chi connectivity index (χ1v) is 10.1. The molecule has 0 aliphatic carbocycles. The van der Waals surface area contributed by atoms with Crippen molar-refractivity contribution in [3.63, 3.8) is 0 Å². The fourth-order valence-electron chi connectivity index (χ4n) is 1.79. The molecule has 1 unspecified atom stereocenters. The van der Waals surface area contributed by atoms with Crippen molar-refractivity contribution in [3.8, 4) is 0 Å². The van der Waals surface area contributed by atoms with Crippen LogP contribution in [0.3, 0.4) is 0 Å². The van der Waals surface area contributed by atoms with Gasteiger partial charge in [0.2, 0.25) is 17.2 Å². The minimum Gasteiger partial charge on any atom is -0.353 e. The first-order chi connectivity index (χ1) is 11.9. The van der Waals surface area contributed by atoms with Crippen molar-refractivity contribution in [2.45, 2.75) is 27.2 Å². The third kappa shape index (κ3) is 9.88. The maximum atomic E-state index is 11.7. The minimum absolute atomic E-state index is 0.123. The summed E-state index contributed by atoms with van der Waals surface area (Å²) >= 11 is 4.67. The SMILES string of the molecule is CCCOS(=O)CCN(C)c1nc(Cl)nc(NCCNCC(C)C)n1. The first kappa shape index (κ1) is 22.0. The quantitative estimate of drug-likeness (QED) is 0.490. The molecule has 2 N–H and O–H groups in total. The van der Waals surface area contributed by atoms with Crippen molar-refractivity contribution >= 4 is 34.6 Å². The van der Waals surface area contributed by atoms with Crippen molar-refractivity contribution in [1.29, 1.82) is 0 Å². The number of halogens is 1. The number of anilines is 2. The summed E-state index contributed by atoms with van der Waals surface area (Å²) in [6, 6.07) is 0. The Morgan fingerprint density at radius 1 is 1.28 bits per heavy atom. The van der Waals surface area contributed by atoms with Crippen LogP contribution in [-0.2, 0) is 15.3 Å². The molecule has 10 heteroatoms. The van der Waals surface area contributed by atoms with E-state index in [-0.39, 0.29) is 5.28 Å². The summed E-state index contributed by atoms with van der Waals surface area (Å²) in [5, 5.41) is 6.58. The predicted molar refractivity (Wildman–Crippen MR) is 104 cm³/mol. The molecule has 0 aromatic carbocycles. The molecule has 1 aromatic rings. The van der Waals surface area contributed by atoms with Crippen molar-refractivity contribution < 1.29 is 8.39 Å². The topological polar surface area (TPSA) is 92.3 Å². The van der Waals surface area contributed by atoms with Crippen molar-refractivity contribution in [2.24, 2.45) is 5.92 Å². The van der Waals surface area contributed by atoms with E-state index in [0.29, 0.717) is 43.3 Å². The van der Waals surface area contributed by atoms with Gasteiger partial charge in [-0.25, -0.2) is 4.21 Å². The van der Waals surface area contributed by atoms with Crippen molar-refractivity contribution in [3.05, 3.63) is 5.28 Å². The standard InChI is InChI=1S/C15H29ClN6O2S/c1-5-9-24-25(23)10-8-22(4)15-20-13(16)19-14(21-15)18-7-6-17-11-12(2)3/h12,17H,5-11H2,1-4H3,(H,18,19,20,21).